The molecule has 7 heteroatoms. The number of H-pyrrole nitrogens is 1. The van der Waals surface area contributed by atoms with Crippen LogP contribution in [-0.4, -0.2) is 25.7 Å². The summed E-state index contributed by atoms with van der Waals surface area (Å²) >= 11 is 0. The second-order valence-electron chi connectivity index (χ2n) is 7.16. The lowest BCUT2D eigenvalue weighted by Gasteiger charge is -2.09. The number of aryl methyl sites for hydroxylation is 3. The van der Waals surface area contributed by atoms with E-state index in [0.29, 0.717) is 28.3 Å². The van der Waals surface area contributed by atoms with Gasteiger partial charge < -0.3 is 10.3 Å². The molecule has 0 saturated carbocycles. The summed E-state index contributed by atoms with van der Waals surface area (Å²) in [6.45, 7) is 5.70. The van der Waals surface area contributed by atoms with E-state index in [4.69, 9.17) is 0 Å². The molecule has 4 rings (SSSR count). The second-order valence-corrected chi connectivity index (χ2v) is 7.16. The molecule has 0 saturated heterocycles. The van der Waals surface area contributed by atoms with Crippen LogP contribution in [0.3, 0.4) is 0 Å². The number of benzene rings is 2. The number of carbonyl (C=O) groups excluding carboxylic acids is 1. The topological polar surface area (TPSA) is 92.7 Å². The minimum atomic E-state index is -0.224. The molecule has 30 heavy (non-hydrogen) atoms. The summed E-state index contributed by atoms with van der Waals surface area (Å²) in [5.74, 6) is 0.239. The first kappa shape index (κ1) is 19.3. The normalized spacial score (nSPS) is 10.8. The molecule has 0 aliphatic carbocycles. The third kappa shape index (κ3) is 4.05. The van der Waals surface area contributed by atoms with Gasteiger partial charge in [0.1, 0.15) is 5.82 Å². The molecule has 2 N–H and O–H groups in total. The molecule has 0 atom stereocenters. The van der Waals surface area contributed by atoms with E-state index >= 15 is 0 Å². The Morgan fingerprint density at radius 3 is 2.40 bits per heavy atom. The highest BCUT2D eigenvalue weighted by Gasteiger charge is 2.10. The molecule has 7 nitrogen and oxygen atoms in total. The third-order valence-electron chi connectivity index (χ3n) is 4.65. The molecule has 2 aromatic heterocycles. The molecule has 0 radical (unpaired) electrons. The Hall–Kier alpha value is -4.00. The maximum atomic E-state index is 12.7. The quantitative estimate of drug-likeness (QED) is 0.546. The first-order chi connectivity index (χ1) is 14.4. The van der Waals surface area contributed by atoms with Crippen molar-refractivity contribution >= 4 is 11.6 Å². The second kappa shape index (κ2) is 7.79. The van der Waals surface area contributed by atoms with Gasteiger partial charge in [0.05, 0.1) is 11.4 Å². The molecule has 2 aromatic carbocycles. The lowest BCUT2D eigenvalue weighted by atomic mass is 10.1. The summed E-state index contributed by atoms with van der Waals surface area (Å²) in [5, 5.41) is 7.35. The van der Waals surface area contributed by atoms with Gasteiger partial charge in [-0.1, -0.05) is 12.1 Å². The average molecular weight is 399 g/mol. The molecule has 0 unspecified atom stereocenters. The molecule has 0 bridgehead atoms. The van der Waals surface area contributed by atoms with E-state index in [0.717, 1.165) is 17.1 Å². The Balaban J connectivity index is 1.54. The highest BCUT2D eigenvalue weighted by Crippen LogP contribution is 2.20. The first-order valence-corrected chi connectivity index (χ1v) is 9.52. The Kier molecular flexibility index (Phi) is 5.02. The van der Waals surface area contributed by atoms with Crippen LogP contribution in [0.4, 0.5) is 5.69 Å². The molecule has 0 fully saturated rings. The summed E-state index contributed by atoms with van der Waals surface area (Å²) in [5.41, 5.74) is 5.16. The van der Waals surface area contributed by atoms with Gasteiger partial charge in [0.25, 0.3) is 11.5 Å². The van der Waals surface area contributed by atoms with Crippen molar-refractivity contribution in [3.05, 3.63) is 93.7 Å². The van der Waals surface area contributed by atoms with Crippen molar-refractivity contribution in [1.29, 1.82) is 0 Å². The molecular weight excluding hydrogens is 378 g/mol. The van der Waals surface area contributed by atoms with Gasteiger partial charge in [0.2, 0.25) is 0 Å². The molecule has 0 aliphatic heterocycles. The van der Waals surface area contributed by atoms with E-state index in [1.54, 1.807) is 37.3 Å². The maximum absolute atomic E-state index is 12.7. The molecule has 150 valence electrons. The van der Waals surface area contributed by atoms with Crippen LogP contribution in [0.25, 0.3) is 17.1 Å². The van der Waals surface area contributed by atoms with Crippen LogP contribution >= 0.6 is 0 Å². The highest BCUT2D eigenvalue weighted by molar-refractivity contribution is 6.04. The Bertz CT molecular complexity index is 1290. The minimum Gasteiger partial charge on any atom is -0.322 e. The lowest BCUT2D eigenvalue weighted by Crippen LogP contribution is -2.12. The summed E-state index contributed by atoms with van der Waals surface area (Å²) < 4.78 is 1.84. The van der Waals surface area contributed by atoms with E-state index in [2.05, 4.69) is 20.4 Å². The number of rotatable bonds is 4. The van der Waals surface area contributed by atoms with Crippen LogP contribution in [0, 0.1) is 20.8 Å². The van der Waals surface area contributed by atoms with Gasteiger partial charge in [-0.25, -0.2) is 9.67 Å². The predicted octanol–water partition coefficient (Wildman–Crippen LogP) is 3.80. The van der Waals surface area contributed by atoms with Crippen molar-refractivity contribution in [1.82, 2.24) is 19.7 Å². The number of amides is 1. The van der Waals surface area contributed by atoms with E-state index in [9.17, 15) is 9.59 Å². The zero-order valence-electron chi connectivity index (χ0n) is 16.9. The van der Waals surface area contributed by atoms with Gasteiger partial charge in [-0.15, -0.1) is 0 Å². The average Bonchev–Trinajstić information content (AvgIpc) is 3.05. The van der Waals surface area contributed by atoms with Gasteiger partial charge in [-0.05, 0) is 63.2 Å². The molecular formula is C23H21N5O2. The fraction of sp³-hybridized carbons (Fsp3) is 0.130. The lowest BCUT2D eigenvalue weighted by molar-refractivity contribution is 0.102. The maximum Gasteiger partial charge on any atom is 0.255 e. The molecule has 4 aromatic rings. The summed E-state index contributed by atoms with van der Waals surface area (Å²) in [4.78, 5) is 31.5. The van der Waals surface area contributed by atoms with Gasteiger partial charge in [0.15, 0.2) is 0 Å². The molecule has 0 spiro atoms. The fourth-order valence-corrected chi connectivity index (χ4v) is 3.31. The summed E-state index contributed by atoms with van der Waals surface area (Å²) in [6.07, 6.45) is 0. The monoisotopic (exact) mass is 399 g/mol. The van der Waals surface area contributed by atoms with Crippen molar-refractivity contribution in [3.8, 4) is 17.1 Å². The van der Waals surface area contributed by atoms with Gasteiger partial charge >= 0.3 is 0 Å². The Morgan fingerprint density at radius 2 is 1.73 bits per heavy atom. The van der Waals surface area contributed by atoms with Crippen LogP contribution in [0.2, 0.25) is 0 Å². The summed E-state index contributed by atoms with van der Waals surface area (Å²) in [7, 11) is 0. The number of aromatic nitrogens is 4. The minimum absolute atomic E-state index is 0.213. The number of hydrogen-bond donors (Lipinski definition) is 2. The predicted molar refractivity (Wildman–Crippen MR) is 116 cm³/mol. The number of anilines is 1. The van der Waals surface area contributed by atoms with Crippen LogP contribution < -0.4 is 10.9 Å². The number of nitrogens with zero attached hydrogens (tertiary/aromatic N) is 3. The van der Waals surface area contributed by atoms with Crippen molar-refractivity contribution in [2.45, 2.75) is 20.8 Å². The number of carbonyl (C=O) groups is 1. The fourth-order valence-electron chi connectivity index (χ4n) is 3.31. The zero-order valence-corrected chi connectivity index (χ0v) is 16.9. The number of hydrogen-bond acceptors (Lipinski definition) is 4. The summed E-state index contributed by atoms with van der Waals surface area (Å²) in [6, 6.07) is 17.9. The van der Waals surface area contributed by atoms with Crippen LogP contribution in [0.1, 0.15) is 27.4 Å². The van der Waals surface area contributed by atoms with Gasteiger partial charge in [0, 0.05) is 34.3 Å². The van der Waals surface area contributed by atoms with Crippen molar-refractivity contribution in [2.75, 3.05) is 5.32 Å². The van der Waals surface area contributed by atoms with E-state index in [1.807, 2.05) is 42.8 Å². The Morgan fingerprint density at radius 1 is 0.967 bits per heavy atom. The Labute approximate surface area is 173 Å². The van der Waals surface area contributed by atoms with Crippen molar-refractivity contribution in [3.63, 3.8) is 0 Å². The number of aromatic amines is 1. The number of nitrogens with one attached hydrogen (secondary N) is 2. The third-order valence-corrected chi connectivity index (χ3v) is 4.65. The van der Waals surface area contributed by atoms with Gasteiger partial charge in [-0.2, -0.15) is 5.10 Å². The molecule has 1 amide bonds. The van der Waals surface area contributed by atoms with Crippen LogP contribution in [-0.2, 0) is 0 Å². The van der Waals surface area contributed by atoms with Crippen molar-refractivity contribution in [2.24, 2.45) is 0 Å². The van der Waals surface area contributed by atoms with Gasteiger partial charge in [-0.3, -0.25) is 9.59 Å². The molecule has 0 aliphatic rings. The van der Waals surface area contributed by atoms with E-state index in [-0.39, 0.29) is 11.5 Å². The van der Waals surface area contributed by atoms with Crippen molar-refractivity contribution < 1.29 is 4.79 Å². The molecule has 2 heterocycles. The first-order valence-electron chi connectivity index (χ1n) is 9.52. The largest absolute Gasteiger partial charge is 0.322 e. The van der Waals surface area contributed by atoms with E-state index < -0.39 is 0 Å². The smallest absolute Gasteiger partial charge is 0.255 e. The standard InChI is InChI=1S/C23H21N5O2/c1-14-12-21(29)26-22(24-14)18-5-4-6-19(13-18)25-23(30)17-7-9-20(10-8-17)28-16(3)11-15(2)27-28/h4-13H,1-3H3,(H,25,30)(H,24,26,29). The zero-order chi connectivity index (χ0) is 21.3. The van der Waals surface area contributed by atoms with Crippen LogP contribution in [0.15, 0.2) is 65.5 Å². The van der Waals surface area contributed by atoms with E-state index in [1.165, 1.54) is 6.07 Å². The SMILES string of the molecule is Cc1cc(=O)[nH]c(-c2cccc(NC(=O)c3ccc(-n4nc(C)cc4C)cc3)c2)n1. The van der Waals surface area contributed by atoms with Crippen LogP contribution in [0.5, 0.6) is 0 Å². The highest BCUT2D eigenvalue weighted by atomic mass is 16.1.